The molecule has 0 aliphatic carbocycles. The first-order chi connectivity index (χ1) is 31.4. The first-order valence-corrected chi connectivity index (χ1v) is 18.2. The van der Waals surface area contributed by atoms with Gasteiger partial charge in [0.25, 0.3) is 0 Å². The molecule has 1 heterocycles. The molecule has 7 aromatic rings. The van der Waals surface area contributed by atoms with Crippen molar-refractivity contribution in [3.8, 4) is 11.3 Å². The number of benzene rings is 6. The molecular weight excluding hydrogens is 951 g/mol. The molecule has 0 amide bonds. The molecule has 348 valence electrons. The molecule has 0 N–H and O–H groups in total. The first-order valence-electron chi connectivity index (χ1n) is 18.2. The topological polar surface area (TPSA) is 33.8 Å². The third-order valence-electron chi connectivity index (χ3n) is 10.2. The number of rotatable bonds is 8. The minimum Gasteiger partial charge on any atom is -0.287 e. The van der Waals surface area contributed by atoms with Crippen LogP contribution in [0.3, 0.4) is 0 Å². The third-order valence-corrected chi connectivity index (χ3v) is 10.2. The van der Waals surface area contributed by atoms with E-state index in [0.717, 1.165) is 16.8 Å². The van der Waals surface area contributed by atoms with Crippen molar-refractivity contribution in [2.75, 3.05) is 0 Å². The summed E-state index contributed by atoms with van der Waals surface area (Å²) in [5.74, 6) is -71.3. The molecule has 0 aliphatic heterocycles. The van der Waals surface area contributed by atoms with Crippen LogP contribution in [0.1, 0.15) is 15.9 Å². The van der Waals surface area contributed by atoms with Crippen molar-refractivity contribution in [3.05, 3.63) is 201 Å². The number of aromatic nitrogens is 2. The van der Waals surface area contributed by atoms with Crippen molar-refractivity contribution in [1.29, 1.82) is 0 Å². The Morgan fingerprint density at radius 2 is 0.776 bits per heavy atom. The normalized spacial score (nSPS) is 11.5. The van der Waals surface area contributed by atoms with Crippen LogP contribution >= 0.6 is 0 Å². The number of hydrogen-bond donors (Lipinski definition) is 0. The molecule has 7 rings (SSSR count). The molecule has 0 radical (unpaired) electrons. The summed E-state index contributed by atoms with van der Waals surface area (Å²) in [4.78, 5) is 16.7. The smallest absolute Gasteiger partial charge is 0.227 e. The molecule has 0 unspecified atom stereocenters. The lowest BCUT2D eigenvalue weighted by molar-refractivity contribution is -0.683. The number of carbonyl (C=O) groups is 1. The maximum atomic E-state index is 15.4. The van der Waals surface area contributed by atoms with Crippen LogP contribution in [-0.2, 0) is 6.54 Å². The van der Waals surface area contributed by atoms with Gasteiger partial charge in [-0.3, -0.25) is 4.79 Å². The Hall–Kier alpha value is -7.27. The van der Waals surface area contributed by atoms with Gasteiger partial charge < -0.3 is 0 Å². The predicted octanol–water partition coefficient (Wildman–Crippen LogP) is 9.07. The van der Waals surface area contributed by atoms with E-state index in [4.69, 9.17) is 0 Å². The average molecular weight is 968 g/mol. The van der Waals surface area contributed by atoms with E-state index >= 15 is 35.1 Å². The van der Waals surface area contributed by atoms with E-state index in [1.807, 2.05) is 59.4 Å². The highest BCUT2D eigenvalue weighted by Gasteiger charge is 2.52. The molecule has 0 bridgehead atoms. The van der Waals surface area contributed by atoms with Gasteiger partial charge in [-0.2, -0.15) is 4.57 Å². The van der Waals surface area contributed by atoms with E-state index in [-0.39, 0.29) is 5.78 Å². The fraction of sp³-hybridized carbons (Fsp3) is 0.0465. The maximum Gasteiger partial charge on any atom is 0.227 e. The summed E-state index contributed by atoms with van der Waals surface area (Å²) in [5, 5.41) is 0. The molecule has 0 saturated heterocycles. The number of ketones is 1. The van der Waals surface area contributed by atoms with Crippen LogP contribution in [0.2, 0.25) is 0 Å². The third kappa shape index (κ3) is 8.10. The fourth-order valence-corrected chi connectivity index (χ4v) is 7.24. The predicted molar refractivity (Wildman–Crippen MR) is 195 cm³/mol. The van der Waals surface area contributed by atoms with Crippen molar-refractivity contribution in [2.24, 2.45) is 0 Å². The van der Waals surface area contributed by atoms with Crippen molar-refractivity contribution in [2.45, 2.75) is 13.5 Å². The lowest BCUT2D eigenvalue weighted by Crippen LogP contribution is -2.81. The van der Waals surface area contributed by atoms with Crippen molar-refractivity contribution < 1.29 is 97.2 Å². The summed E-state index contributed by atoms with van der Waals surface area (Å²) in [7, 11) is 0. The van der Waals surface area contributed by atoms with Crippen LogP contribution in [0, 0.1) is 123 Å². The van der Waals surface area contributed by atoms with Crippen LogP contribution in [0.25, 0.3) is 11.3 Å². The average Bonchev–Trinajstić information content (AvgIpc) is 3.32. The number of carbonyl (C=O) groups excluding carboxylic acids is 1. The molecule has 0 spiro atoms. The van der Waals surface area contributed by atoms with E-state index in [1.54, 1.807) is 6.20 Å². The highest BCUT2D eigenvalue weighted by molar-refractivity contribution is 7.20. The Morgan fingerprint density at radius 3 is 1.10 bits per heavy atom. The lowest BCUT2D eigenvalue weighted by Gasteiger charge is -2.44. The van der Waals surface area contributed by atoms with E-state index in [2.05, 4.69) is 24.0 Å². The van der Waals surface area contributed by atoms with E-state index in [1.165, 1.54) is 5.56 Å². The molecule has 24 heteroatoms. The molecule has 67 heavy (non-hydrogen) atoms. The van der Waals surface area contributed by atoms with Crippen molar-refractivity contribution >= 4 is 33.8 Å². The summed E-state index contributed by atoms with van der Waals surface area (Å²) in [6.45, 7) is 2.37. The molecule has 6 aromatic carbocycles. The van der Waals surface area contributed by atoms with E-state index in [9.17, 15) is 57.5 Å². The summed E-state index contributed by atoms with van der Waals surface area (Å²) in [6, 6.07) is 17.5. The van der Waals surface area contributed by atoms with Crippen LogP contribution < -0.4 is 26.4 Å². The van der Waals surface area contributed by atoms with Gasteiger partial charge in [0.1, 0.15) is 58.4 Å². The maximum absolute atomic E-state index is 15.4. The molecule has 3 nitrogen and oxygen atoms in total. The van der Waals surface area contributed by atoms with Gasteiger partial charge in [-0.15, -0.1) is 21.9 Å². The Kier molecular flexibility index (Phi) is 13.6. The van der Waals surface area contributed by atoms with Gasteiger partial charge >= 0.3 is 0 Å². The molecular formula is C43H17BF20N2O. The highest BCUT2D eigenvalue weighted by Crippen LogP contribution is 2.31. The first kappa shape index (κ1) is 49.2. The Morgan fingerprint density at radius 1 is 0.448 bits per heavy atom. The molecule has 0 atom stereocenters. The monoisotopic (exact) mass is 968 g/mol. The summed E-state index contributed by atoms with van der Waals surface area (Å²) in [6.07, 6.45) is -1.75. The van der Waals surface area contributed by atoms with Gasteiger partial charge in [0.15, 0.2) is 82.2 Å². The zero-order chi connectivity index (χ0) is 49.7. The second-order valence-corrected chi connectivity index (χ2v) is 14.1. The largest absolute Gasteiger partial charge is 0.287 e. The Bertz CT molecular complexity index is 2770. The lowest BCUT2D eigenvalue weighted by atomic mass is 9.12. The van der Waals surface area contributed by atoms with E-state index in [0.29, 0.717) is 6.54 Å². The van der Waals surface area contributed by atoms with Crippen LogP contribution in [-0.4, -0.2) is 16.9 Å². The second-order valence-electron chi connectivity index (χ2n) is 14.1. The second kappa shape index (κ2) is 18.5. The van der Waals surface area contributed by atoms with Crippen LogP contribution in [0.4, 0.5) is 87.8 Å². The minimum atomic E-state index is -7.22. The quantitative estimate of drug-likeness (QED) is 0.0381. The number of Topliss-reactive ketones (excluding diaryl/α,β-unsaturated/α-hetero) is 1. The minimum absolute atomic E-state index is 0.0898. The van der Waals surface area contributed by atoms with Gasteiger partial charge in [0.05, 0.1) is 6.20 Å². The van der Waals surface area contributed by atoms with Gasteiger partial charge in [-0.25, -0.2) is 92.8 Å². The zero-order valence-electron chi connectivity index (χ0n) is 32.6. The summed E-state index contributed by atoms with van der Waals surface area (Å²) >= 11 is 0. The molecule has 0 fully saturated rings. The van der Waals surface area contributed by atoms with E-state index < -0.39 is 144 Å². The highest BCUT2D eigenvalue weighted by atomic mass is 19.2. The number of halogens is 20. The summed E-state index contributed by atoms with van der Waals surface area (Å²) in [5.41, 5.74) is -10.5. The fourth-order valence-electron chi connectivity index (χ4n) is 7.24. The van der Waals surface area contributed by atoms with Crippen molar-refractivity contribution in [1.82, 2.24) is 4.98 Å². The van der Waals surface area contributed by atoms with Crippen molar-refractivity contribution in [3.63, 3.8) is 0 Å². The van der Waals surface area contributed by atoms with Crippen LogP contribution in [0.5, 0.6) is 0 Å². The zero-order valence-corrected chi connectivity index (χ0v) is 32.6. The van der Waals surface area contributed by atoms with Gasteiger partial charge in [0.2, 0.25) is 12.3 Å². The van der Waals surface area contributed by atoms with Crippen LogP contribution in [0.15, 0.2) is 73.2 Å². The van der Waals surface area contributed by atoms with Gasteiger partial charge in [-0.05, 0) is 13.0 Å². The Balaban J connectivity index is 0.000000279. The standard InChI is InChI=1S/C24BF20.C19H17N2O/c26-5-1(6(27)14(35)21(42)13(5)34)25(2-7(28)15(36)22(43)16(37)8(2)29,3-9(30)17(38)23(44)18(39)10(3)31)4-11(32)19(40)24(45)20(41)12(4)33;1-15-6-5-9-17(12-15)18-13-21(11-10-20-18)14-19(22)16-7-3-2-4-8-16/h;2-13H,14H2,1H3/q-1;+1. The van der Waals surface area contributed by atoms with Gasteiger partial charge in [0, 0.05) is 11.1 Å². The number of nitrogens with zero attached hydrogens (tertiary/aromatic N) is 2. The number of aryl methyl sites for hydroxylation is 1. The molecule has 0 saturated carbocycles. The molecule has 0 aliphatic rings. The SMILES string of the molecule is Cc1cccc(-c2c[n+](CC(=O)c3ccccc3)ccn2)c1.Fc1c(F)c(F)c([B-](c2c(F)c(F)c(F)c(F)c2F)(c2c(F)c(F)c(F)c(F)c2F)c2c(F)c(F)c(F)c(F)c2F)c(F)c1F. The molecule has 1 aromatic heterocycles. The Labute approximate surface area is 361 Å². The number of hydrogen-bond acceptors (Lipinski definition) is 2. The van der Waals surface area contributed by atoms with Gasteiger partial charge in [-0.1, -0.05) is 54.1 Å². The summed E-state index contributed by atoms with van der Waals surface area (Å²) < 4.78 is 296.